The molecule has 0 aromatic heterocycles. The minimum atomic E-state index is -0.755. The monoisotopic (exact) mass is 185 g/mol. The summed E-state index contributed by atoms with van der Waals surface area (Å²) in [4.78, 5) is 10.2. The average Bonchev–Trinajstić information content (AvgIpc) is 2.00. The van der Waals surface area contributed by atoms with Gasteiger partial charge >= 0.3 is 6.03 Å². The minimum absolute atomic E-state index is 0.160. The summed E-state index contributed by atoms with van der Waals surface area (Å²) < 4.78 is 0. The lowest BCUT2D eigenvalue weighted by atomic mass is 10.5. The second-order valence-corrected chi connectivity index (χ2v) is 2.00. The van der Waals surface area contributed by atoms with E-state index in [0.29, 0.717) is 5.71 Å². The van der Waals surface area contributed by atoms with Crippen molar-refractivity contribution < 1.29 is 4.79 Å². The SMILES string of the molecule is CC(/C=N\N=C(N)N)=N\NC(N)=O. The highest BCUT2D eigenvalue weighted by Crippen LogP contribution is 1.72. The molecule has 0 fully saturated rings. The number of guanidine groups is 1. The number of carbonyl (C=O) groups is 1. The molecule has 0 heterocycles. The van der Waals surface area contributed by atoms with Gasteiger partial charge in [-0.2, -0.15) is 10.2 Å². The van der Waals surface area contributed by atoms with E-state index in [1.807, 2.05) is 5.43 Å². The number of hydrogen-bond acceptors (Lipinski definition) is 4. The fourth-order valence-corrected chi connectivity index (χ4v) is 0.351. The zero-order valence-electron chi connectivity index (χ0n) is 7.06. The zero-order valence-corrected chi connectivity index (χ0v) is 7.06. The van der Waals surface area contributed by atoms with Crippen molar-refractivity contribution in [1.29, 1.82) is 0 Å². The van der Waals surface area contributed by atoms with Crippen LogP contribution in [0.1, 0.15) is 6.92 Å². The highest BCUT2D eigenvalue weighted by Gasteiger charge is 1.87. The third-order valence-corrected chi connectivity index (χ3v) is 0.760. The maximum atomic E-state index is 10.2. The van der Waals surface area contributed by atoms with Gasteiger partial charge in [-0.1, -0.05) is 0 Å². The molecule has 0 atom stereocenters. The van der Waals surface area contributed by atoms with Crippen LogP contribution in [0.25, 0.3) is 0 Å². The van der Waals surface area contributed by atoms with Gasteiger partial charge in [0, 0.05) is 0 Å². The van der Waals surface area contributed by atoms with E-state index in [0.717, 1.165) is 0 Å². The number of hydrogen-bond donors (Lipinski definition) is 4. The Balaban J connectivity index is 4.06. The Morgan fingerprint density at radius 2 is 2.00 bits per heavy atom. The molecule has 8 heteroatoms. The van der Waals surface area contributed by atoms with Gasteiger partial charge in [-0.15, -0.1) is 5.10 Å². The molecule has 0 aromatic rings. The van der Waals surface area contributed by atoms with Crippen LogP contribution in [0.3, 0.4) is 0 Å². The van der Waals surface area contributed by atoms with Crippen molar-refractivity contribution in [2.75, 3.05) is 0 Å². The summed E-state index contributed by atoms with van der Waals surface area (Å²) in [5.41, 5.74) is 17.1. The summed E-state index contributed by atoms with van der Waals surface area (Å²) in [6, 6.07) is -0.755. The largest absolute Gasteiger partial charge is 0.369 e. The predicted molar refractivity (Wildman–Crippen MR) is 50.1 cm³/mol. The van der Waals surface area contributed by atoms with Crippen LogP contribution in [0.4, 0.5) is 4.79 Å². The number of rotatable bonds is 3. The highest BCUT2D eigenvalue weighted by atomic mass is 16.2. The number of nitrogens with zero attached hydrogens (tertiary/aromatic N) is 3. The van der Waals surface area contributed by atoms with Gasteiger partial charge in [-0.05, 0) is 6.92 Å². The Labute approximate surface area is 74.6 Å². The van der Waals surface area contributed by atoms with Crippen molar-refractivity contribution in [3.63, 3.8) is 0 Å². The molecule has 72 valence electrons. The summed E-state index contributed by atoms with van der Waals surface area (Å²) in [7, 11) is 0. The number of hydrazone groups is 1. The maximum Gasteiger partial charge on any atom is 0.332 e. The summed E-state index contributed by atoms with van der Waals surface area (Å²) in [6.45, 7) is 1.58. The van der Waals surface area contributed by atoms with Crippen LogP contribution in [0, 0.1) is 0 Å². The van der Waals surface area contributed by atoms with Gasteiger partial charge in [-0.25, -0.2) is 10.2 Å². The summed E-state index contributed by atoms with van der Waals surface area (Å²) in [5, 5.41) is 10.3. The summed E-state index contributed by atoms with van der Waals surface area (Å²) in [6.07, 6.45) is 1.26. The lowest BCUT2D eigenvalue weighted by Crippen LogP contribution is -2.25. The van der Waals surface area contributed by atoms with Crippen LogP contribution in [0.15, 0.2) is 15.3 Å². The molecule has 0 aliphatic heterocycles. The first kappa shape index (κ1) is 10.9. The molecule has 0 spiro atoms. The van der Waals surface area contributed by atoms with Gasteiger partial charge in [0.05, 0.1) is 11.9 Å². The minimum Gasteiger partial charge on any atom is -0.369 e. The van der Waals surface area contributed by atoms with E-state index >= 15 is 0 Å². The van der Waals surface area contributed by atoms with Crippen molar-refractivity contribution in [1.82, 2.24) is 5.43 Å². The fourth-order valence-electron chi connectivity index (χ4n) is 0.351. The zero-order chi connectivity index (χ0) is 10.3. The lowest BCUT2D eigenvalue weighted by Gasteiger charge is -1.91. The molecule has 0 aromatic carbocycles. The molecule has 0 rings (SSSR count). The molecule has 0 unspecified atom stereocenters. The summed E-state index contributed by atoms with van der Waals surface area (Å²) >= 11 is 0. The Hall–Kier alpha value is -2.12. The van der Waals surface area contributed by atoms with Gasteiger partial charge in [0.15, 0.2) is 0 Å². The molecule has 0 saturated heterocycles. The van der Waals surface area contributed by atoms with Crippen LogP contribution in [-0.2, 0) is 0 Å². The van der Waals surface area contributed by atoms with Crippen LogP contribution < -0.4 is 22.6 Å². The van der Waals surface area contributed by atoms with Crippen LogP contribution in [-0.4, -0.2) is 23.9 Å². The van der Waals surface area contributed by atoms with Gasteiger partial charge in [0.25, 0.3) is 0 Å². The lowest BCUT2D eigenvalue weighted by molar-refractivity contribution is 0.249. The van der Waals surface area contributed by atoms with E-state index in [9.17, 15) is 4.79 Å². The van der Waals surface area contributed by atoms with Crippen molar-refractivity contribution in [2.45, 2.75) is 6.92 Å². The average molecular weight is 185 g/mol. The van der Waals surface area contributed by atoms with Gasteiger partial charge < -0.3 is 17.2 Å². The summed E-state index contributed by atoms with van der Waals surface area (Å²) in [5.74, 6) is -0.160. The smallest absolute Gasteiger partial charge is 0.332 e. The molecule has 8 nitrogen and oxygen atoms in total. The Morgan fingerprint density at radius 1 is 1.38 bits per heavy atom. The molecule has 0 bridgehead atoms. The van der Waals surface area contributed by atoms with E-state index in [1.54, 1.807) is 6.92 Å². The van der Waals surface area contributed by atoms with Crippen molar-refractivity contribution in [3.8, 4) is 0 Å². The highest BCUT2D eigenvalue weighted by molar-refractivity contribution is 6.29. The number of amides is 2. The first-order chi connectivity index (χ1) is 6.02. The molecule has 13 heavy (non-hydrogen) atoms. The van der Waals surface area contributed by atoms with Crippen LogP contribution in [0.5, 0.6) is 0 Å². The second kappa shape index (κ2) is 5.52. The van der Waals surface area contributed by atoms with E-state index in [4.69, 9.17) is 17.2 Å². The van der Waals surface area contributed by atoms with Crippen LogP contribution in [0.2, 0.25) is 0 Å². The molecule has 2 amide bonds. The third-order valence-electron chi connectivity index (χ3n) is 0.760. The first-order valence-electron chi connectivity index (χ1n) is 3.24. The standard InChI is InChI=1S/C5H11N7O/c1-3(10-12-5(8)13)2-9-11-4(6)7/h2H,1H3,(H4,6,7,11)(H3,8,12,13)/b9-2-,10-3+. The van der Waals surface area contributed by atoms with Crippen molar-refractivity contribution in [2.24, 2.45) is 32.5 Å². The van der Waals surface area contributed by atoms with E-state index < -0.39 is 6.03 Å². The number of nitrogens with one attached hydrogen (secondary N) is 1. The van der Waals surface area contributed by atoms with E-state index in [2.05, 4.69) is 15.3 Å². The normalized spacial score (nSPS) is 11.3. The molecular weight excluding hydrogens is 174 g/mol. The first-order valence-corrected chi connectivity index (χ1v) is 3.24. The van der Waals surface area contributed by atoms with Crippen molar-refractivity contribution >= 4 is 23.9 Å². The number of nitrogens with two attached hydrogens (primary N) is 3. The molecule has 0 radical (unpaired) electrons. The van der Waals surface area contributed by atoms with Crippen LogP contribution >= 0.6 is 0 Å². The molecule has 0 aliphatic rings. The van der Waals surface area contributed by atoms with Gasteiger partial charge in [-0.3, -0.25) is 0 Å². The quantitative estimate of drug-likeness (QED) is 0.236. The number of urea groups is 1. The van der Waals surface area contributed by atoms with E-state index in [-0.39, 0.29) is 5.96 Å². The van der Waals surface area contributed by atoms with Gasteiger partial charge in [0.2, 0.25) is 5.96 Å². The van der Waals surface area contributed by atoms with Crippen molar-refractivity contribution in [3.05, 3.63) is 0 Å². The fraction of sp³-hybridized carbons (Fsp3) is 0.200. The molecular formula is C5H11N7O. The van der Waals surface area contributed by atoms with Gasteiger partial charge in [0.1, 0.15) is 0 Å². The molecule has 0 aliphatic carbocycles. The molecule has 0 saturated carbocycles. The second-order valence-electron chi connectivity index (χ2n) is 2.00. The predicted octanol–water partition coefficient (Wildman–Crippen LogP) is -1.71. The third kappa shape index (κ3) is 7.78. The maximum absolute atomic E-state index is 10.2. The number of carbonyl (C=O) groups excluding carboxylic acids is 1. The Bertz CT molecular complexity index is 262. The molecule has 7 N–H and O–H groups in total. The Morgan fingerprint density at radius 3 is 2.46 bits per heavy atom. The number of primary amides is 1. The Kier molecular flexibility index (Phi) is 4.62. The van der Waals surface area contributed by atoms with E-state index in [1.165, 1.54) is 6.21 Å². The topological polar surface area (TPSA) is 144 Å².